The van der Waals surface area contributed by atoms with Crippen LogP contribution in [0.2, 0.25) is 5.28 Å². The monoisotopic (exact) mass is 258 g/mol. The van der Waals surface area contributed by atoms with Crippen molar-refractivity contribution in [1.82, 2.24) is 9.97 Å². The van der Waals surface area contributed by atoms with Gasteiger partial charge in [0.05, 0.1) is 5.69 Å². The zero-order valence-electron chi connectivity index (χ0n) is 10.4. The van der Waals surface area contributed by atoms with Crippen LogP contribution >= 0.6 is 11.6 Å². The molecule has 3 rings (SSSR count). The summed E-state index contributed by atoms with van der Waals surface area (Å²) in [6, 6.07) is 8.71. The first-order chi connectivity index (χ1) is 8.74. The first kappa shape index (κ1) is 11.7. The van der Waals surface area contributed by atoms with Gasteiger partial charge in [-0.25, -0.2) is 9.97 Å². The smallest absolute Gasteiger partial charge is 0.222 e. The average molecular weight is 259 g/mol. The Morgan fingerprint density at radius 3 is 2.50 bits per heavy atom. The van der Waals surface area contributed by atoms with Crippen LogP contribution in [0.3, 0.4) is 0 Å². The van der Waals surface area contributed by atoms with Gasteiger partial charge in [-0.3, -0.25) is 0 Å². The van der Waals surface area contributed by atoms with Crippen molar-refractivity contribution in [2.24, 2.45) is 0 Å². The van der Waals surface area contributed by atoms with E-state index in [-0.39, 0.29) is 0 Å². The minimum absolute atomic E-state index is 0.304. The van der Waals surface area contributed by atoms with Crippen LogP contribution in [-0.2, 0) is 0 Å². The van der Waals surface area contributed by atoms with Crippen LogP contribution < -0.4 is 0 Å². The van der Waals surface area contributed by atoms with Crippen molar-refractivity contribution in [2.45, 2.75) is 32.1 Å². The van der Waals surface area contributed by atoms with Crippen molar-refractivity contribution < 1.29 is 0 Å². The van der Waals surface area contributed by atoms with E-state index in [0.29, 0.717) is 5.28 Å². The predicted octanol–water partition coefficient (Wildman–Crippen LogP) is 4.37. The molecule has 0 atom stereocenters. The zero-order valence-corrected chi connectivity index (χ0v) is 11.1. The SMILES string of the molecule is Cc1cnc(Cl)nc1-c1ccc(C2CCC2)cc1. The molecule has 1 aliphatic carbocycles. The number of hydrogen-bond donors (Lipinski definition) is 0. The molecule has 1 heterocycles. The van der Waals surface area contributed by atoms with Gasteiger partial charge < -0.3 is 0 Å². The molecule has 0 bridgehead atoms. The molecule has 18 heavy (non-hydrogen) atoms. The average Bonchev–Trinajstić information content (AvgIpc) is 2.31. The number of nitrogens with zero attached hydrogens (tertiary/aromatic N) is 2. The Labute approximate surface area is 112 Å². The van der Waals surface area contributed by atoms with Crippen LogP contribution in [0.5, 0.6) is 0 Å². The molecule has 1 saturated carbocycles. The molecule has 92 valence electrons. The van der Waals surface area contributed by atoms with E-state index >= 15 is 0 Å². The van der Waals surface area contributed by atoms with E-state index in [1.54, 1.807) is 6.20 Å². The normalized spacial score (nSPS) is 15.4. The van der Waals surface area contributed by atoms with Crippen LogP contribution in [0.1, 0.15) is 36.3 Å². The first-order valence-corrected chi connectivity index (χ1v) is 6.71. The van der Waals surface area contributed by atoms with Crippen molar-refractivity contribution >= 4 is 11.6 Å². The Kier molecular flexibility index (Phi) is 3.04. The second kappa shape index (κ2) is 4.69. The Bertz CT molecular complexity index is 559. The van der Waals surface area contributed by atoms with Gasteiger partial charge in [-0.2, -0.15) is 0 Å². The summed E-state index contributed by atoms with van der Waals surface area (Å²) in [5.74, 6) is 0.772. The summed E-state index contributed by atoms with van der Waals surface area (Å²) in [6.07, 6.45) is 5.80. The van der Waals surface area contributed by atoms with E-state index in [1.807, 2.05) is 6.92 Å². The summed E-state index contributed by atoms with van der Waals surface area (Å²) in [5, 5.41) is 0.304. The van der Waals surface area contributed by atoms with Gasteiger partial charge >= 0.3 is 0 Å². The highest BCUT2D eigenvalue weighted by molar-refractivity contribution is 6.28. The lowest BCUT2D eigenvalue weighted by Gasteiger charge is -2.25. The second-order valence-corrected chi connectivity index (χ2v) is 5.26. The van der Waals surface area contributed by atoms with Crippen molar-refractivity contribution in [3.05, 3.63) is 46.9 Å². The Hall–Kier alpha value is -1.41. The second-order valence-electron chi connectivity index (χ2n) is 4.92. The summed E-state index contributed by atoms with van der Waals surface area (Å²) in [7, 11) is 0. The van der Waals surface area contributed by atoms with Gasteiger partial charge in [-0.15, -0.1) is 0 Å². The maximum absolute atomic E-state index is 5.86. The lowest BCUT2D eigenvalue weighted by atomic mass is 9.80. The third-order valence-corrected chi connectivity index (χ3v) is 3.89. The molecule has 2 nitrogen and oxygen atoms in total. The van der Waals surface area contributed by atoms with E-state index < -0.39 is 0 Å². The third-order valence-electron chi connectivity index (χ3n) is 3.70. The molecular weight excluding hydrogens is 244 g/mol. The fourth-order valence-electron chi connectivity index (χ4n) is 2.37. The molecule has 1 aliphatic rings. The van der Waals surface area contributed by atoms with Gasteiger partial charge in [0.2, 0.25) is 5.28 Å². The van der Waals surface area contributed by atoms with Crippen LogP contribution in [-0.4, -0.2) is 9.97 Å². The summed E-state index contributed by atoms with van der Waals surface area (Å²) in [4.78, 5) is 8.29. The van der Waals surface area contributed by atoms with Gasteiger partial charge in [0, 0.05) is 11.8 Å². The summed E-state index contributed by atoms with van der Waals surface area (Å²) >= 11 is 5.86. The molecule has 0 spiro atoms. The van der Waals surface area contributed by atoms with Gasteiger partial charge in [0.15, 0.2) is 0 Å². The largest absolute Gasteiger partial charge is 0.226 e. The third kappa shape index (κ3) is 2.13. The summed E-state index contributed by atoms with van der Waals surface area (Å²) < 4.78 is 0. The molecule has 0 unspecified atom stereocenters. The van der Waals surface area contributed by atoms with Crippen molar-refractivity contribution in [3.63, 3.8) is 0 Å². The minimum atomic E-state index is 0.304. The minimum Gasteiger partial charge on any atom is -0.226 e. The van der Waals surface area contributed by atoms with Crippen LogP contribution in [0.15, 0.2) is 30.5 Å². The van der Waals surface area contributed by atoms with Crippen LogP contribution in [0, 0.1) is 6.92 Å². The predicted molar refractivity (Wildman–Crippen MR) is 73.8 cm³/mol. The number of benzene rings is 1. The number of aryl methyl sites for hydroxylation is 1. The first-order valence-electron chi connectivity index (χ1n) is 6.33. The van der Waals surface area contributed by atoms with Gasteiger partial charge in [0.1, 0.15) is 0 Å². The molecule has 0 radical (unpaired) electrons. The molecule has 3 heteroatoms. The van der Waals surface area contributed by atoms with Gasteiger partial charge in [0.25, 0.3) is 0 Å². The van der Waals surface area contributed by atoms with E-state index in [2.05, 4.69) is 34.2 Å². The fraction of sp³-hybridized carbons (Fsp3) is 0.333. The van der Waals surface area contributed by atoms with Crippen LogP contribution in [0.25, 0.3) is 11.3 Å². The molecule has 1 aromatic carbocycles. The molecule has 0 N–H and O–H groups in total. The van der Waals surface area contributed by atoms with Gasteiger partial charge in [-0.1, -0.05) is 30.7 Å². The highest BCUT2D eigenvalue weighted by atomic mass is 35.5. The van der Waals surface area contributed by atoms with E-state index in [9.17, 15) is 0 Å². The van der Waals surface area contributed by atoms with E-state index in [1.165, 1.54) is 24.8 Å². The number of halogens is 1. The van der Waals surface area contributed by atoms with Crippen LogP contribution in [0.4, 0.5) is 0 Å². The molecule has 0 saturated heterocycles. The van der Waals surface area contributed by atoms with Crippen molar-refractivity contribution in [2.75, 3.05) is 0 Å². The number of aromatic nitrogens is 2. The Balaban J connectivity index is 1.94. The summed E-state index contributed by atoms with van der Waals surface area (Å²) in [6.45, 7) is 2.01. The number of hydrogen-bond acceptors (Lipinski definition) is 2. The molecular formula is C15H15ClN2. The van der Waals surface area contributed by atoms with E-state index in [4.69, 9.17) is 11.6 Å². The molecule has 0 aliphatic heterocycles. The topological polar surface area (TPSA) is 25.8 Å². The number of rotatable bonds is 2. The zero-order chi connectivity index (χ0) is 12.5. The molecule has 1 aromatic heterocycles. The molecule has 1 fully saturated rings. The maximum Gasteiger partial charge on any atom is 0.222 e. The Morgan fingerprint density at radius 1 is 1.17 bits per heavy atom. The lowest BCUT2D eigenvalue weighted by Crippen LogP contribution is -2.08. The highest BCUT2D eigenvalue weighted by Crippen LogP contribution is 2.37. The molecule has 2 aromatic rings. The highest BCUT2D eigenvalue weighted by Gasteiger charge is 2.19. The van der Waals surface area contributed by atoms with E-state index in [0.717, 1.165) is 22.7 Å². The van der Waals surface area contributed by atoms with Crippen molar-refractivity contribution in [1.29, 1.82) is 0 Å². The fourth-order valence-corrected chi connectivity index (χ4v) is 2.50. The maximum atomic E-state index is 5.86. The van der Waals surface area contributed by atoms with Crippen molar-refractivity contribution in [3.8, 4) is 11.3 Å². The Morgan fingerprint density at radius 2 is 1.89 bits per heavy atom. The quantitative estimate of drug-likeness (QED) is 0.748. The van der Waals surface area contributed by atoms with Gasteiger partial charge in [-0.05, 0) is 48.4 Å². The summed E-state index contributed by atoms with van der Waals surface area (Å²) in [5.41, 5.74) is 4.54. The molecule has 0 amide bonds. The standard InChI is InChI=1S/C15H15ClN2/c1-10-9-17-15(16)18-14(10)13-7-5-12(6-8-13)11-3-2-4-11/h5-9,11H,2-4H2,1H3. The lowest BCUT2D eigenvalue weighted by molar-refractivity contribution is 0.420.